The van der Waals surface area contributed by atoms with Crippen molar-refractivity contribution in [1.29, 1.82) is 0 Å². The number of halogens is 3. The molecule has 12 heteroatoms. The van der Waals surface area contributed by atoms with Crippen LogP contribution in [0.2, 0.25) is 0 Å². The molecule has 36 heavy (non-hydrogen) atoms. The van der Waals surface area contributed by atoms with Crippen LogP contribution in [-0.2, 0) is 15.7 Å². The highest BCUT2D eigenvalue weighted by Gasteiger charge is 2.30. The van der Waals surface area contributed by atoms with Gasteiger partial charge in [-0.05, 0) is 42.8 Å². The maximum absolute atomic E-state index is 12.7. The van der Waals surface area contributed by atoms with Gasteiger partial charge in [-0.15, -0.1) is 5.10 Å². The molecular formula is C24H25F3N6O3. The van der Waals surface area contributed by atoms with Crippen LogP contribution in [0, 0.1) is 6.92 Å². The minimum atomic E-state index is -4.41. The van der Waals surface area contributed by atoms with Crippen LogP contribution in [0.25, 0.3) is 0 Å². The first-order valence-corrected chi connectivity index (χ1v) is 11.3. The second-order valence-corrected chi connectivity index (χ2v) is 8.44. The first-order chi connectivity index (χ1) is 17.1. The number of hydrogen-bond donors (Lipinski definition) is 2. The van der Waals surface area contributed by atoms with Crippen molar-refractivity contribution in [2.45, 2.75) is 39.0 Å². The topological polar surface area (TPSA) is 101 Å². The van der Waals surface area contributed by atoms with Gasteiger partial charge in [0.05, 0.1) is 17.4 Å². The second-order valence-electron chi connectivity index (χ2n) is 8.44. The Bertz CT molecular complexity index is 1230. The molecule has 1 saturated heterocycles. The van der Waals surface area contributed by atoms with Gasteiger partial charge in [0.15, 0.2) is 5.82 Å². The predicted molar refractivity (Wildman–Crippen MR) is 127 cm³/mol. The van der Waals surface area contributed by atoms with Crippen LogP contribution in [0.1, 0.15) is 30.9 Å². The zero-order valence-electron chi connectivity index (χ0n) is 19.7. The summed E-state index contributed by atoms with van der Waals surface area (Å²) >= 11 is 0. The fourth-order valence-electron chi connectivity index (χ4n) is 3.96. The molecule has 1 aliphatic rings. The van der Waals surface area contributed by atoms with Crippen LogP contribution in [-0.4, -0.2) is 46.0 Å². The summed E-state index contributed by atoms with van der Waals surface area (Å²) in [6.45, 7) is 4.72. The van der Waals surface area contributed by atoms with Gasteiger partial charge in [0.2, 0.25) is 0 Å². The summed E-state index contributed by atoms with van der Waals surface area (Å²) in [5.41, 5.74) is 1.02. The number of amides is 1. The normalized spacial score (nSPS) is 14.4. The number of aromatic nitrogens is 3. The number of anilines is 4. The lowest BCUT2D eigenvalue weighted by atomic mass is 10.1. The SMILES string of the molecule is CC(=O)OC1CCN(c2ncc(NC(=O)n3ccc(Nc4ccc(C(F)(F)F)cc4)n3)cc2C)CC1. The molecule has 1 amide bonds. The number of rotatable bonds is 5. The van der Waals surface area contributed by atoms with Crippen LogP contribution in [0.5, 0.6) is 0 Å². The second kappa shape index (κ2) is 10.3. The molecule has 1 fully saturated rings. The number of hydrogen-bond acceptors (Lipinski definition) is 7. The molecule has 2 aromatic heterocycles. The lowest BCUT2D eigenvalue weighted by Crippen LogP contribution is -2.38. The third-order valence-corrected chi connectivity index (χ3v) is 5.66. The Hall–Kier alpha value is -4.09. The van der Waals surface area contributed by atoms with Gasteiger partial charge in [-0.1, -0.05) is 0 Å². The Balaban J connectivity index is 1.34. The Labute approximate surface area is 205 Å². The predicted octanol–water partition coefficient (Wildman–Crippen LogP) is 4.96. The molecule has 2 N–H and O–H groups in total. The molecule has 9 nitrogen and oxygen atoms in total. The highest BCUT2D eigenvalue weighted by atomic mass is 19.4. The van der Waals surface area contributed by atoms with E-state index in [1.807, 2.05) is 13.0 Å². The highest BCUT2D eigenvalue weighted by molar-refractivity contribution is 5.90. The number of aryl methyl sites for hydroxylation is 1. The van der Waals surface area contributed by atoms with E-state index in [4.69, 9.17) is 4.74 Å². The van der Waals surface area contributed by atoms with E-state index in [0.29, 0.717) is 30.3 Å². The van der Waals surface area contributed by atoms with Crippen LogP contribution >= 0.6 is 0 Å². The third kappa shape index (κ3) is 6.12. The molecule has 0 bridgehead atoms. The number of carbonyl (C=O) groups is 2. The zero-order valence-corrected chi connectivity index (χ0v) is 19.7. The summed E-state index contributed by atoms with van der Waals surface area (Å²) in [4.78, 5) is 30.4. The summed E-state index contributed by atoms with van der Waals surface area (Å²) < 4.78 is 44.5. The molecule has 0 aliphatic carbocycles. The molecule has 0 atom stereocenters. The number of benzene rings is 1. The number of pyridine rings is 1. The number of piperidine rings is 1. The third-order valence-electron chi connectivity index (χ3n) is 5.66. The molecule has 1 aliphatic heterocycles. The van der Waals surface area contributed by atoms with Crippen LogP contribution in [0.3, 0.4) is 0 Å². The number of carbonyl (C=O) groups excluding carboxylic acids is 2. The van der Waals surface area contributed by atoms with E-state index in [1.165, 1.54) is 31.3 Å². The fourth-order valence-corrected chi connectivity index (χ4v) is 3.96. The number of ether oxygens (including phenoxy) is 1. The number of alkyl halides is 3. The van der Waals surface area contributed by atoms with E-state index < -0.39 is 17.8 Å². The number of nitrogens with one attached hydrogen (secondary N) is 2. The van der Waals surface area contributed by atoms with E-state index in [2.05, 4.69) is 25.6 Å². The minimum Gasteiger partial charge on any atom is -0.462 e. The maximum atomic E-state index is 12.7. The lowest BCUT2D eigenvalue weighted by Gasteiger charge is -2.33. The van der Waals surface area contributed by atoms with Gasteiger partial charge in [-0.25, -0.2) is 9.78 Å². The van der Waals surface area contributed by atoms with Gasteiger partial charge < -0.3 is 20.3 Å². The Morgan fingerprint density at radius 3 is 2.39 bits per heavy atom. The molecule has 0 unspecified atom stereocenters. The standard InChI is InChI=1S/C24H25F3N6O3/c1-15-13-19(14-28-22(15)32-10-7-20(8-11-32)36-16(2)34)30-23(35)33-12-9-21(31-33)29-18-5-3-17(4-6-18)24(25,26)27/h3-6,9,12-14,20H,7-8,10-11H2,1-2H3,(H,29,31)(H,30,35). The lowest BCUT2D eigenvalue weighted by molar-refractivity contribution is -0.147. The molecule has 4 rings (SSSR count). The fraction of sp³-hybridized carbons (Fsp3) is 0.333. The Morgan fingerprint density at radius 2 is 1.78 bits per heavy atom. The van der Waals surface area contributed by atoms with Crippen molar-refractivity contribution in [2.24, 2.45) is 0 Å². The first-order valence-electron chi connectivity index (χ1n) is 11.3. The summed E-state index contributed by atoms with van der Waals surface area (Å²) in [5.74, 6) is 0.825. The van der Waals surface area contributed by atoms with Crippen molar-refractivity contribution in [1.82, 2.24) is 14.8 Å². The van der Waals surface area contributed by atoms with Crippen molar-refractivity contribution < 1.29 is 27.5 Å². The van der Waals surface area contributed by atoms with E-state index in [1.54, 1.807) is 6.20 Å². The van der Waals surface area contributed by atoms with Crippen LogP contribution in [0.4, 0.5) is 41.0 Å². The van der Waals surface area contributed by atoms with E-state index in [0.717, 1.165) is 41.0 Å². The minimum absolute atomic E-state index is 0.0784. The first kappa shape index (κ1) is 25.0. The van der Waals surface area contributed by atoms with Gasteiger partial charge in [-0.2, -0.15) is 17.9 Å². The molecule has 3 heterocycles. The molecule has 0 radical (unpaired) electrons. The quantitative estimate of drug-likeness (QED) is 0.476. The van der Waals surface area contributed by atoms with Crippen molar-refractivity contribution in [3.05, 3.63) is 59.9 Å². The number of nitrogens with zero attached hydrogens (tertiary/aromatic N) is 4. The van der Waals surface area contributed by atoms with Crippen LogP contribution in [0.15, 0.2) is 48.8 Å². The van der Waals surface area contributed by atoms with E-state index in [9.17, 15) is 22.8 Å². The van der Waals surface area contributed by atoms with Crippen molar-refractivity contribution in [3.63, 3.8) is 0 Å². The highest BCUT2D eigenvalue weighted by Crippen LogP contribution is 2.30. The summed E-state index contributed by atoms with van der Waals surface area (Å²) in [6, 6.07) is 7.33. The summed E-state index contributed by atoms with van der Waals surface area (Å²) in [6.07, 6.45) is -0.0494. The Morgan fingerprint density at radius 1 is 1.08 bits per heavy atom. The van der Waals surface area contributed by atoms with Gasteiger partial charge in [0.1, 0.15) is 11.9 Å². The maximum Gasteiger partial charge on any atom is 0.416 e. The monoisotopic (exact) mass is 502 g/mol. The van der Waals surface area contributed by atoms with Gasteiger partial charge in [-0.3, -0.25) is 4.79 Å². The molecular weight excluding hydrogens is 477 g/mol. The molecule has 0 saturated carbocycles. The summed E-state index contributed by atoms with van der Waals surface area (Å²) in [7, 11) is 0. The molecule has 1 aromatic carbocycles. The van der Waals surface area contributed by atoms with Crippen molar-refractivity contribution in [3.8, 4) is 0 Å². The van der Waals surface area contributed by atoms with Gasteiger partial charge in [0.25, 0.3) is 0 Å². The van der Waals surface area contributed by atoms with Gasteiger partial charge in [0, 0.05) is 50.8 Å². The largest absolute Gasteiger partial charge is 0.462 e. The van der Waals surface area contributed by atoms with Crippen molar-refractivity contribution >= 4 is 35.0 Å². The smallest absolute Gasteiger partial charge is 0.416 e. The average Bonchev–Trinajstić information content (AvgIpc) is 3.28. The summed E-state index contributed by atoms with van der Waals surface area (Å²) in [5, 5.41) is 9.71. The number of esters is 1. The molecule has 3 aromatic rings. The zero-order chi connectivity index (χ0) is 25.9. The van der Waals surface area contributed by atoms with Gasteiger partial charge >= 0.3 is 18.2 Å². The molecule has 0 spiro atoms. The average molecular weight is 502 g/mol. The van der Waals surface area contributed by atoms with E-state index in [-0.39, 0.29) is 12.1 Å². The van der Waals surface area contributed by atoms with E-state index >= 15 is 0 Å². The Kier molecular flexibility index (Phi) is 7.13. The van der Waals surface area contributed by atoms with Crippen LogP contribution < -0.4 is 15.5 Å². The van der Waals surface area contributed by atoms with Crippen molar-refractivity contribution in [2.75, 3.05) is 28.6 Å². The molecule has 190 valence electrons.